The van der Waals surface area contributed by atoms with Crippen LogP contribution in [-0.2, 0) is 0 Å². The zero-order valence-electron chi connectivity index (χ0n) is 22.6. The minimum atomic E-state index is -5.61. The van der Waals surface area contributed by atoms with Crippen molar-refractivity contribution in [2.45, 2.75) is 31.6 Å². The van der Waals surface area contributed by atoms with Gasteiger partial charge in [-0.15, -0.1) is 34.0 Å². The Labute approximate surface area is 255 Å². The fourth-order valence-corrected chi connectivity index (χ4v) is 9.18. The Morgan fingerprint density at radius 2 is 1.17 bits per heavy atom. The molecular formula is C30H21BF6OS4. The normalized spacial score (nSPS) is 17.3. The number of aryl methyl sites for hydroxylation is 2. The Morgan fingerprint density at radius 3 is 1.76 bits per heavy atom. The van der Waals surface area contributed by atoms with E-state index in [9.17, 15) is 0 Å². The molecule has 0 atom stereocenters. The molecule has 42 heavy (non-hydrogen) atoms. The number of thiophene rings is 4. The molecule has 1 aliphatic rings. The molecule has 4 heterocycles. The van der Waals surface area contributed by atoms with Gasteiger partial charge in [-0.1, -0.05) is 0 Å². The Kier molecular flexibility index (Phi) is 7.07. The molecule has 0 unspecified atom stereocenters. The van der Waals surface area contributed by atoms with Crippen molar-refractivity contribution in [3.05, 3.63) is 81.5 Å². The van der Waals surface area contributed by atoms with Gasteiger partial charge in [0.05, 0.1) is 7.11 Å². The highest BCUT2D eigenvalue weighted by atomic mass is 32.1. The maximum Gasteiger partial charge on any atom is 0.380 e. The molecule has 0 saturated carbocycles. The third kappa shape index (κ3) is 4.41. The van der Waals surface area contributed by atoms with Crippen LogP contribution in [-0.4, -0.2) is 32.7 Å². The van der Waals surface area contributed by atoms with Gasteiger partial charge < -0.3 is 4.74 Å². The van der Waals surface area contributed by atoms with Gasteiger partial charge in [-0.25, -0.2) is 0 Å². The quantitative estimate of drug-likeness (QED) is 0.131. The number of allylic oxidation sites excluding steroid dienone is 2. The molecule has 6 rings (SSSR count). The maximum atomic E-state index is 15.6. The van der Waals surface area contributed by atoms with Crippen LogP contribution in [0.1, 0.15) is 20.9 Å². The molecule has 0 spiro atoms. The first-order valence-electron chi connectivity index (χ1n) is 12.7. The van der Waals surface area contributed by atoms with Gasteiger partial charge in [-0.2, -0.15) is 37.7 Å². The lowest BCUT2D eigenvalue weighted by molar-refractivity contribution is -0.254. The molecule has 1 nitrogen and oxygen atoms in total. The lowest BCUT2D eigenvalue weighted by atomic mass is 9.90. The van der Waals surface area contributed by atoms with Crippen LogP contribution in [0.2, 0.25) is 0 Å². The van der Waals surface area contributed by atoms with Crippen LogP contribution in [0.5, 0.6) is 5.75 Å². The summed E-state index contributed by atoms with van der Waals surface area (Å²) in [5.41, 5.74) is -2.60. The summed E-state index contributed by atoms with van der Waals surface area (Å²) in [6, 6.07) is 17.1. The highest BCUT2D eigenvalue weighted by Gasteiger charge is 2.80. The maximum absolute atomic E-state index is 15.6. The Morgan fingerprint density at radius 1 is 0.619 bits per heavy atom. The zero-order valence-corrected chi connectivity index (χ0v) is 25.8. The predicted molar refractivity (Wildman–Crippen MR) is 167 cm³/mol. The van der Waals surface area contributed by atoms with E-state index >= 15 is 26.3 Å². The summed E-state index contributed by atoms with van der Waals surface area (Å²) >= 11 is 5.25. The molecule has 0 bridgehead atoms. The van der Waals surface area contributed by atoms with E-state index in [1.165, 1.54) is 45.3 Å². The van der Waals surface area contributed by atoms with Gasteiger partial charge in [0.25, 0.3) is 0 Å². The number of benzene rings is 1. The first-order chi connectivity index (χ1) is 19.8. The fourth-order valence-electron chi connectivity index (χ4n) is 5.08. The van der Waals surface area contributed by atoms with E-state index in [-0.39, 0.29) is 20.8 Å². The summed E-state index contributed by atoms with van der Waals surface area (Å²) in [5, 5.41) is 0. The third-order valence-corrected chi connectivity index (χ3v) is 11.9. The van der Waals surface area contributed by atoms with Gasteiger partial charge in [0.2, 0.25) is 0 Å². The molecule has 216 valence electrons. The summed E-state index contributed by atoms with van der Waals surface area (Å²) in [5.74, 6) is -15.2. The molecule has 0 radical (unpaired) electrons. The van der Waals surface area contributed by atoms with Crippen LogP contribution in [0.3, 0.4) is 0 Å². The van der Waals surface area contributed by atoms with Crippen molar-refractivity contribution in [2.75, 3.05) is 7.11 Å². The molecule has 1 aromatic carbocycles. The van der Waals surface area contributed by atoms with Crippen molar-refractivity contribution >= 4 is 69.1 Å². The topological polar surface area (TPSA) is 9.23 Å². The Hall–Kier alpha value is -2.80. The van der Waals surface area contributed by atoms with Gasteiger partial charge in [-0.3, -0.25) is 0 Å². The first-order valence-corrected chi connectivity index (χ1v) is 15.9. The monoisotopic (exact) mass is 650 g/mol. The van der Waals surface area contributed by atoms with Gasteiger partial charge in [0.1, 0.15) is 5.75 Å². The fraction of sp³-hybridized carbons (Fsp3) is 0.200. The highest BCUT2D eigenvalue weighted by Crippen LogP contribution is 2.65. The molecule has 1 aliphatic carbocycles. The number of rotatable bonds is 6. The smallest absolute Gasteiger partial charge is 0.380 e. The standard InChI is InChI=1S/C30H21BF6OS4/c1-14-4-9-20(39-14)21-10-11-22(41-21)24-12-18(15(2)40-24)25-26(29(34,35)30(36,37)28(25,32)33)19-13-23(42-27(19)31)16-5-7-17(38-3)8-6-16/h4-13H,31H2,1-3H3. The van der Waals surface area contributed by atoms with Crippen LogP contribution in [0, 0.1) is 13.8 Å². The number of hydrogen-bond donors (Lipinski definition) is 0. The second kappa shape index (κ2) is 10.1. The first kappa shape index (κ1) is 29.3. The summed E-state index contributed by atoms with van der Waals surface area (Å²) in [6.07, 6.45) is 0. The number of methoxy groups -OCH3 is 1. The molecule has 0 N–H and O–H groups in total. The second-order valence-corrected chi connectivity index (χ2v) is 14.8. The van der Waals surface area contributed by atoms with Crippen molar-refractivity contribution in [1.29, 1.82) is 0 Å². The second-order valence-electron chi connectivity index (χ2n) is 9.94. The van der Waals surface area contributed by atoms with Crippen LogP contribution in [0.15, 0.2) is 60.7 Å². The van der Waals surface area contributed by atoms with E-state index in [1.54, 1.807) is 35.6 Å². The number of halogens is 6. The SMILES string of the molecule is Bc1sc(-c2ccc(OC)cc2)cc1C1=C(c2cc(-c3ccc(-c4ccc(C)s4)s3)sc2C)C(F)(F)C(F)(F)C1(F)F. The summed E-state index contributed by atoms with van der Waals surface area (Å²) in [4.78, 5) is 5.20. The van der Waals surface area contributed by atoms with Gasteiger partial charge in [-0.05, 0) is 96.0 Å². The molecule has 0 fully saturated rings. The Bertz CT molecular complexity index is 1840. The van der Waals surface area contributed by atoms with E-state index in [0.29, 0.717) is 21.1 Å². The van der Waals surface area contributed by atoms with E-state index in [0.717, 1.165) is 42.2 Å². The van der Waals surface area contributed by atoms with Crippen molar-refractivity contribution in [1.82, 2.24) is 0 Å². The third-order valence-electron chi connectivity index (χ3n) is 7.25. The lowest BCUT2D eigenvalue weighted by Crippen LogP contribution is -2.49. The van der Waals surface area contributed by atoms with Gasteiger partial charge in [0, 0.05) is 45.3 Å². The number of hydrogen-bond acceptors (Lipinski definition) is 5. The zero-order chi connectivity index (χ0) is 30.2. The average Bonchev–Trinajstić information content (AvgIpc) is 3.75. The van der Waals surface area contributed by atoms with Gasteiger partial charge in [0.15, 0.2) is 7.85 Å². The molecule has 0 saturated heterocycles. The molecule has 5 aromatic rings. The van der Waals surface area contributed by atoms with Crippen molar-refractivity contribution in [3.8, 4) is 35.7 Å². The molecule has 12 heteroatoms. The lowest BCUT2D eigenvalue weighted by Gasteiger charge is -2.25. The van der Waals surface area contributed by atoms with Crippen LogP contribution in [0.4, 0.5) is 26.3 Å². The average molecular weight is 651 g/mol. The number of alkyl halides is 6. The van der Waals surface area contributed by atoms with E-state index in [1.807, 2.05) is 31.2 Å². The number of ether oxygens (including phenoxy) is 1. The summed E-state index contributed by atoms with van der Waals surface area (Å²) in [7, 11) is 2.98. The van der Waals surface area contributed by atoms with E-state index in [4.69, 9.17) is 4.74 Å². The molecule has 0 amide bonds. The van der Waals surface area contributed by atoms with Crippen LogP contribution >= 0.6 is 45.3 Å². The largest absolute Gasteiger partial charge is 0.497 e. The van der Waals surface area contributed by atoms with Crippen LogP contribution in [0.25, 0.3) is 41.1 Å². The van der Waals surface area contributed by atoms with Crippen molar-refractivity contribution < 1.29 is 31.1 Å². The summed E-state index contributed by atoms with van der Waals surface area (Å²) < 4.78 is 97.7. The summed E-state index contributed by atoms with van der Waals surface area (Å²) in [6.45, 7) is 3.49. The van der Waals surface area contributed by atoms with Crippen molar-refractivity contribution in [3.63, 3.8) is 0 Å². The highest BCUT2D eigenvalue weighted by molar-refractivity contribution is 7.26. The van der Waals surface area contributed by atoms with E-state index in [2.05, 4.69) is 0 Å². The minimum Gasteiger partial charge on any atom is -0.497 e. The van der Waals surface area contributed by atoms with Crippen molar-refractivity contribution in [2.24, 2.45) is 0 Å². The van der Waals surface area contributed by atoms with E-state index < -0.39 is 28.9 Å². The molecule has 0 aliphatic heterocycles. The molecule has 4 aromatic heterocycles. The van der Waals surface area contributed by atoms with Gasteiger partial charge >= 0.3 is 17.8 Å². The Balaban J connectivity index is 1.51. The molecular weight excluding hydrogens is 629 g/mol. The predicted octanol–water partition coefficient (Wildman–Crippen LogP) is 9.65. The van der Waals surface area contributed by atoms with Crippen LogP contribution < -0.4 is 9.51 Å². The minimum absolute atomic E-state index is 0.240.